The predicted octanol–water partition coefficient (Wildman–Crippen LogP) is 1.87. The van der Waals surface area contributed by atoms with E-state index in [1.54, 1.807) is 6.07 Å². The zero-order chi connectivity index (χ0) is 15.5. The highest BCUT2D eigenvalue weighted by Gasteiger charge is 2.29. The Balaban J connectivity index is 2.04. The molecule has 0 aliphatic carbocycles. The van der Waals surface area contributed by atoms with Gasteiger partial charge in [0, 0.05) is 35.4 Å². The molecule has 2 atom stereocenters. The maximum Gasteiger partial charge on any atom is 0.241 e. The van der Waals surface area contributed by atoms with E-state index in [0.717, 1.165) is 29.2 Å². The molecule has 120 valence electrons. The predicted molar refractivity (Wildman–Crippen MR) is 85.1 cm³/mol. The van der Waals surface area contributed by atoms with Gasteiger partial charge in [0.05, 0.1) is 11.0 Å². The van der Waals surface area contributed by atoms with Crippen LogP contribution < -0.4 is 10.0 Å². The summed E-state index contributed by atoms with van der Waals surface area (Å²) in [5.41, 5.74) is 0. The van der Waals surface area contributed by atoms with Gasteiger partial charge in [0.25, 0.3) is 0 Å². The fourth-order valence-corrected chi connectivity index (χ4v) is 5.46. The van der Waals surface area contributed by atoms with Crippen LogP contribution in [0.3, 0.4) is 0 Å². The van der Waals surface area contributed by atoms with E-state index in [1.807, 2.05) is 14.0 Å². The van der Waals surface area contributed by atoms with Crippen molar-refractivity contribution in [1.82, 2.24) is 10.0 Å². The Morgan fingerprint density at radius 3 is 2.90 bits per heavy atom. The summed E-state index contributed by atoms with van der Waals surface area (Å²) in [5.74, 6) is 0.278. The molecule has 0 spiro atoms. The molecule has 1 fully saturated rings. The number of sulfonamides is 1. The third-order valence-electron chi connectivity index (χ3n) is 3.85. The minimum Gasteiger partial charge on any atom is -0.378 e. The number of hydrogen-bond acceptors (Lipinski definition) is 5. The lowest BCUT2D eigenvalue weighted by atomic mass is 10.0. The second-order valence-electron chi connectivity index (χ2n) is 5.38. The fraction of sp³-hybridized carbons (Fsp3) is 0.714. The van der Waals surface area contributed by atoms with Crippen LogP contribution >= 0.6 is 11.3 Å². The molecule has 5 nitrogen and oxygen atoms in total. The van der Waals surface area contributed by atoms with E-state index in [2.05, 4.69) is 17.0 Å². The normalized spacial score (nSPS) is 22.8. The topological polar surface area (TPSA) is 67.4 Å². The van der Waals surface area contributed by atoms with Gasteiger partial charge in [-0.25, -0.2) is 13.1 Å². The number of ether oxygens (including phenoxy) is 1. The van der Waals surface area contributed by atoms with Crippen LogP contribution in [0.25, 0.3) is 0 Å². The first kappa shape index (κ1) is 16.9. The van der Waals surface area contributed by atoms with Crippen LogP contribution in [0.4, 0.5) is 0 Å². The van der Waals surface area contributed by atoms with E-state index in [-0.39, 0.29) is 12.0 Å². The lowest BCUT2D eigenvalue weighted by Gasteiger charge is -2.17. The van der Waals surface area contributed by atoms with Crippen molar-refractivity contribution in [3.63, 3.8) is 0 Å². The molecule has 1 aliphatic rings. The van der Waals surface area contributed by atoms with Gasteiger partial charge in [-0.15, -0.1) is 11.3 Å². The second kappa shape index (κ2) is 7.19. The van der Waals surface area contributed by atoms with Gasteiger partial charge in [0.15, 0.2) is 0 Å². The van der Waals surface area contributed by atoms with Crippen LogP contribution in [-0.4, -0.2) is 34.7 Å². The molecule has 0 aromatic carbocycles. The van der Waals surface area contributed by atoms with Gasteiger partial charge in [0.2, 0.25) is 10.0 Å². The van der Waals surface area contributed by atoms with Gasteiger partial charge in [-0.3, -0.25) is 0 Å². The molecule has 1 aromatic heterocycles. The quantitative estimate of drug-likeness (QED) is 0.800. The standard InChI is InChI=1S/C14H24N2O3S2/c1-4-13-11(5-6-19-13)8-16-21(17,18)14-7-12(9-15-3)20-10(14)2/h7,11,13,15-16H,4-6,8-9H2,1-3H3. The summed E-state index contributed by atoms with van der Waals surface area (Å²) in [6.07, 6.45) is 2.03. The van der Waals surface area contributed by atoms with Crippen molar-refractivity contribution in [3.05, 3.63) is 15.8 Å². The first-order valence-electron chi connectivity index (χ1n) is 7.33. The Kier molecular flexibility index (Phi) is 5.79. The van der Waals surface area contributed by atoms with E-state index in [4.69, 9.17) is 4.74 Å². The maximum absolute atomic E-state index is 12.5. The average molecular weight is 332 g/mol. The molecule has 2 unspecified atom stereocenters. The molecule has 21 heavy (non-hydrogen) atoms. The minimum atomic E-state index is -3.43. The first-order chi connectivity index (χ1) is 9.97. The third kappa shape index (κ3) is 4.04. The molecule has 0 radical (unpaired) electrons. The zero-order valence-electron chi connectivity index (χ0n) is 12.8. The maximum atomic E-state index is 12.5. The number of thiophene rings is 1. The van der Waals surface area contributed by atoms with Gasteiger partial charge in [-0.2, -0.15) is 0 Å². The summed E-state index contributed by atoms with van der Waals surface area (Å²) in [5, 5.41) is 3.04. The van der Waals surface area contributed by atoms with Crippen molar-refractivity contribution in [2.24, 2.45) is 5.92 Å². The van der Waals surface area contributed by atoms with Crippen molar-refractivity contribution < 1.29 is 13.2 Å². The number of hydrogen-bond donors (Lipinski definition) is 2. The molecular formula is C14H24N2O3S2. The van der Waals surface area contributed by atoms with Crippen LogP contribution in [0.5, 0.6) is 0 Å². The molecule has 0 amide bonds. The number of rotatable bonds is 7. The number of nitrogens with one attached hydrogen (secondary N) is 2. The van der Waals surface area contributed by atoms with E-state index in [0.29, 0.717) is 18.0 Å². The summed E-state index contributed by atoms with van der Waals surface area (Å²) >= 11 is 1.52. The first-order valence-corrected chi connectivity index (χ1v) is 9.63. The van der Waals surface area contributed by atoms with Gasteiger partial charge < -0.3 is 10.1 Å². The van der Waals surface area contributed by atoms with E-state index in [1.165, 1.54) is 11.3 Å². The lowest BCUT2D eigenvalue weighted by molar-refractivity contribution is 0.0884. The molecule has 7 heteroatoms. The van der Waals surface area contributed by atoms with E-state index < -0.39 is 10.0 Å². The Hall–Kier alpha value is -0.470. The van der Waals surface area contributed by atoms with Crippen LogP contribution in [0.15, 0.2) is 11.0 Å². The molecule has 0 bridgehead atoms. The summed E-state index contributed by atoms with van der Waals surface area (Å²) in [4.78, 5) is 2.28. The summed E-state index contributed by atoms with van der Waals surface area (Å²) in [7, 11) is -1.58. The van der Waals surface area contributed by atoms with Crippen LogP contribution in [0, 0.1) is 12.8 Å². The highest BCUT2D eigenvalue weighted by atomic mass is 32.2. The third-order valence-corrected chi connectivity index (χ3v) is 6.58. The van der Waals surface area contributed by atoms with Crippen molar-refractivity contribution in [3.8, 4) is 0 Å². The molecule has 2 heterocycles. The smallest absolute Gasteiger partial charge is 0.241 e. The van der Waals surface area contributed by atoms with E-state index >= 15 is 0 Å². The molecular weight excluding hydrogens is 308 g/mol. The number of aryl methyl sites for hydroxylation is 1. The second-order valence-corrected chi connectivity index (χ2v) is 8.46. The monoisotopic (exact) mass is 332 g/mol. The van der Waals surface area contributed by atoms with Gasteiger partial charge >= 0.3 is 0 Å². The minimum absolute atomic E-state index is 0.177. The summed E-state index contributed by atoms with van der Waals surface area (Å²) in [6, 6.07) is 1.77. The fourth-order valence-electron chi connectivity index (χ4n) is 2.72. The molecule has 2 rings (SSSR count). The average Bonchev–Trinajstić information content (AvgIpc) is 3.03. The Labute approximate surface area is 131 Å². The highest BCUT2D eigenvalue weighted by Crippen LogP contribution is 2.27. The molecule has 2 N–H and O–H groups in total. The molecule has 1 aliphatic heterocycles. The van der Waals surface area contributed by atoms with Crippen molar-refractivity contribution in [1.29, 1.82) is 0 Å². The van der Waals surface area contributed by atoms with Crippen LogP contribution in [-0.2, 0) is 21.3 Å². The Bertz CT molecular complexity index is 569. The van der Waals surface area contributed by atoms with Crippen molar-refractivity contribution >= 4 is 21.4 Å². The van der Waals surface area contributed by atoms with Gasteiger partial charge in [-0.1, -0.05) is 6.92 Å². The Morgan fingerprint density at radius 1 is 1.48 bits per heavy atom. The Morgan fingerprint density at radius 2 is 2.24 bits per heavy atom. The lowest BCUT2D eigenvalue weighted by Crippen LogP contribution is -2.32. The van der Waals surface area contributed by atoms with Gasteiger partial charge in [0.1, 0.15) is 0 Å². The molecule has 0 saturated carbocycles. The molecule has 1 aromatic rings. The van der Waals surface area contributed by atoms with Crippen molar-refractivity contribution in [2.45, 2.75) is 44.2 Å². The van der Waals surface area contributed by atoms with Crippen LogP contribution in [0.1, 0.15) is 29.5 Å². The van der Waals surface area contributed by atoms with Crippen LogP contribution in [0.2, 0.25) is 0 Å². The SMILES string of the molecule is CCC1OCCC1CNS(=O)(=O)c1cc(CNC)sc1C. The zero-order valence-corrected chi connectivity index (χ0v) is 14.4. The summed E-state index contributed by atoms with van der Waals surface area (Å²) < 4.78 is 33.3. The highest BCUT2D eigenvalue weighted by molar-refractivity contribution is 7.89. The van der Waals surface area contributed by atoms with Crippen molar-refractivity contribution in [2.75, 3.05) is 20.2 Å². The van der Waals surface area contributed by atoms with E-state index in [9.17, 15) is 8.42 Å². The summed E-state index contributed by atoms with van der Waals surface area (Å²) in [6.45, 7) is 5.80. The van der Waals surface area contributed by atoms with Gasteiger partial charge in [-0.05, 0) is 32.9 Å². The molecule has 1 saturated heterocycles. The largest absolute Gasteiger partial charge is 0.378 e.